The Kier molecular flexibility index (Phi) is 3.37. The number of rotatable bonds is 1. The van der Waals surface area contributed by atoms with E-state index >= 15 is 0 Å². The molecule has 2 N–H and O–H groups in total. The van der Waals surface area contributed by atoms with Crippen LogP contribution < -0.4 is 10.0 Å². The van der Waals surface area contributed by atoms with Crippen molar-refractivity contribution in [2.45, 2.75) is 17.2 Å². The molecule has 2 aromatic carbocycles. The van der Waals surface area contributed by atoms with Crippen molar-refractivity contribution in [2.75, 3.05) is 5.32 Å². The van der Waals surface area contributed by atoms with Crippen LogP contribution in [0.1, 0.15) is 17.3 Å². The van der Waals surface area contributed by atoms with Crippen molar-refractivity contribution in [3.05, 3.63) is 59.7 Å². The monoisotopic (exact) mass is 328 g/mol. The summed E-state index contributed by atoms with van der Waals surface area (Å²) in [5, 5.41) is 2.89. The minimum absolute atomic E-state index is 0.0678. The number of sulfonamides is 1. The van der Waals surface area contributed by atoms with Crippen LogP contribution in [0.3, 0.4) is 0 Å². The van der Waals surface area contributed by atoms with E-state index in [4.69, 9.17) is 0 Å². The molecule has 0 fully saturated rings. The molecule has 0 radical (unpaired) electrons. The van der Waals surface area contributed by atoms with Crippen LogP contribution in [0.25, 0.3) is 0 Å². The van der Waals surface area contributed by atoms with E-state index in [1.165, 1.54) is 18.2 Å². The highest BCUT2D eigenvalue weighted by atomic mass is 32.2. The molecule has 22 heavy (non-hydrogen) atoms. The minimum atomic E-state index is -4.48. The molecule has 2 aromatic rings. The Hall–Kier alpha value is -2.06. The Morgan fingerprint density at radius 3 is 2.45 bits per heavy atom. The molecule has 4 nitrogen and oxygen atoms in total. The quantitative estimate of drug-likeness (QED) is 0.846. The fraction of sp³-hybridized carbons (Fsp3) is 0.143. The maximum atomic E-state index is 12.8. The number of benzene rings is 2. The molecule has 0 aromatic heterocycles. The molecular weight excluding hydrogens is 317 g/mol. The predicted molar refractivity (Wildman–Crippen MR) is 74.6 cm³/mol. The van der Waals surface area contributed by atoms with Gasteiger partial charge in [-0.3, -0.25) is 0 Å². The minimum Gasteiger partial charge on any atom is -0.364 e. The van der Waals surface area contributed by atoms with Crippen LogP contribution in [-0.4, -0.2) is 8.42 Å². The van der Waals surface area contributed by atoms with E-state index in [-0.39, 0.29) is 10.5 Å². The Labute approximate surface area is 125 Å². The van der Waals surface area contributed by atoms with E-state index < -0.39 is 27.9 Å². The van der Waals surface area contributed by atoms with E-state index in [1.807, 2.05) is 0 Å². The maximum absolute atomic E-state index is 12.8. The highest BCUT2D eigenvalue weighted by molar-refractivity contribution is 7.89. The van der Waals surface area contributed by atoms with Crippen molar-refractivity contribution in [1.82, 2.24) is 4.72 Å². The lowest BCUT2D eigenvalue weighted by Crippen LogP contribution is -2.38. The molecule has 8 heteroatoms. The van der Waals surface area contributed by atoms with Crippen LogP contribution in [0, 0.1) is 0 Å². The lowest BCUT2D eigenvalue weighted by molar-refractivity contribution is -0.137. The molecule has 116 valence electrons. The average molecular weight is 328 g/mol. The van der Waals surface area contributed by atoms with Crippen LogP contribution in [0.2, 0.25) is 0 Å². The van der Waals surface area contributed by atoms with Crippen molar-refractivity contribution in [3.8, 4) is 0 Å². The Morgan fingerprint density at radius 2 is 1.73 bits per heavy atom. The van der Waals surface area contributed by atoms with Crippen LogP contribution in [0.5, 0.6) is 0 Å². The molecule has 0 amide bonds. The average Bonchev–Trinajstić information content (AvgIpc) is 2.46. The van der Waals surface area contributed by atoms with Crippen molar-refractivity contribution in [2.24, 2.45) is 0 Å². The van der Waals surface area contributed by atoms with Gasteiger partial charge in [0.2, 0.25) is 10.0 Å². The summed E-state index contributed by atoms with van der Waals surface area (Å²) in [6.07, 6.45) is -5.44. The molecule has 1 aliphatic rings. The van der Waals surface area contributed by atoms with Gasteiger partial charge in [0.1, 0.15) is 11.1 Å². The summed E-state index contributed by atoms with van der Waals surface area (Å²) in [4.78, 5) is 0.0678. The molecule has 0 unspecified atom stereocenters. The summed E-state index contributed by atoms with van der Waals surface area (Å²) in [7, 11) is -3.78. The predicted octanol–water partition coefficient (Wildman–Crippen LogP) is 3.11. The van der Waals surface area contributed by atoms with Gasteiger partial charge in [0, 0.05) is 0 Å². The fourth-order valence-electron chi connectivity index (χ4n) is 2.27. The summed E-state index contributed by atoms with van der Waals surface area (Å²) in [6.45, 7) is 0. The molecule has 1 aliphatic heterocycles. The fourth-order valence-corrected chi connectivity index (χ4v) is 3.58. The third-order valence-corrected chi connectivity index (χ3v) is 4.78. The molecular formula is C14H11F3N2O2S. The van der Waals surface area contributed by atoms with Crippen LogP contribution in [0.15, 0.2) is 53.4 Å². The molecule has 0 bridgehead atoms. The van der Waals surface area contributed by atoms with Gasteiger partial charge in [0.05, 0.1) is 11.3 Å². The molecule has 0 spiro atoms. The van der Waals surface area contributed by atoms with Gasteiger partial charge in [-0.2, -0.15) is 17.9 Å². The highest BCUT2D eigenvalue weighted by Gasteiger charge is 2.33. The van der Waals surface area contributed by atoms with Gasteiger partial charge in [-0.05, 0) is 29.8 Å². The first kappa shape index (κ1) is 14.9. The second-order valence-electron chi connectivity index (χ2n) is 4.82. The van der Waals surface area contributed by atoms with Gasteiger partial charge in [-0.1, -0.05) is 24.3 Å². The number of fused-ring (bicyclic) bond motifs is 1. The summed E-state index contributed by atoms with van der Waals surface area (Å²) in [5.74, 6) is 0. The van der Waals surface area contributed by atoms with Crippen molar-refractivity contribution < 1.29 is 21.6 Å². The summed E-state index contributed by atoms with van der Waals surface area (Å²) in [6, 6.07) is 10.8. The SMILES string of the molecule is O=S1(=O)N[C@H](c2cccc(C(F)(F)F)c2)Nc2ccccc21. The molecule has 0 aliphatic carbocycles. The van der Waals surface area contributed by atoms with E-state index in [1.54, 1.807) is 18.2 Å². The van der Waals surface area contributed by atoms with Gasteiger partial charge < -0.3 is 5.32 Å². The van der Waals surface area contributed by atoms with E-state index in [0.29, 0.717) is 5.69 Å². The Morgan fingerprint density at radius 1 is 1.00 bits per heavy atom. The zero-order valence-corrected chi connectivity index (χ0v) is 11.9. The van der Waals surface area contributed by atoms with E-state index in [9.17, 15) is 21.6 Å². The standard InChI is InChI=1S/C14H11F3N2O2S/c15-14(16,17)10-5-3-4-9(8-10)13-18-11-6-1-2-7-12(11)22(20,21)19-13/h1-8,13,18-19H/t13-/m1/s1. The van der Waals surface area contributed by atoms with Gasteiger partial charge in [0.25, 0.3) is 0 Å². The Bertz CT molecular complexity index is 819. The summed E-state index contributed by atoms with van der Waals surface area (Å²) >= 11 is 0. The van der Waals surface area contributed by atoms with Gasteiger partial charge in [-0.25, -0.2) is 8.42 Å². The number of alkyl halides is 3. The van der Waals surface area contributed by atoms with Gasteiger partial charge in [0.15, 0.2) is 0 Å². The number of anilines is 1. The Balaban J connectivity index is 2.02. The third-order valence-electron chi connectivity index (χ3n) is 3.30. The van der Waals surface area contributed by atoms with Gasteiger partial charge >= 0.3 is 6.18 Å². The number of hydrogen-bond donors (Lipinski definition) is 2. The van der Waals surface area contributed by atoms with Crippen LogP contribution >= 0.6 is 0 Å². The van der Waals surface area contributed by atoms with Crippen molar-refractivity contribution >= 4 is 15.7 Å². The topological polar surface area (TPSA) is 58.2 Å². The number of hydrogen-bond acceptors (Lipinski definition) is 3. The number of para-hydroxylation sites is 1. The second kappa shape index (κ2) is 4.99. The lowest BCUT2D eigenvalue weighted by Gasteiger charge is -2.28. The third kappa shape index (κ3) is 2.67. The van der Waals surface area contributed by atoms with Crippen LogP contribution in [0.4, 0.5) is 18.9 Å². The normalized spacial score (nSPS) is 20.0. The van der Waals surface area contributed by atoms with Crippen LogP contribution in [-0.2, 0) is 16.2 Å². The van der Waals surface area contributed by atoms with E-state index in [0.717, 1.165) is 12.1 Å². The zero-order valence-electron chi connectivity index (χ0n) is 11.1. The second-order valence-corrected chi connectivity index (χ2v) is 6.50. The first-order valence-electron chi connectivity index (χ1n) is 6.32. The number of nitrogens with one attached hydrogen (secondary N) is 2. The van der Waals surface area contributed by atoms with Crippen molar-refractivity contribution in [1.29, 1.82) is 0 Å². The molecule has 0 saturated heterocycles. The van der Waals surface area contributed by atoms with Crippen molar-refractivity contribution in [3.63, 3.8) is 0 Å². The molecule has 3 rings (SSSR count). The molecule has 0 saturated carbocycles. The molecule has 1 heterocycles. The first-order chi connectivity index (χ1) is 10.3. The largest absolute Gasteiger partial charge is 0.416 e. The first-order valence-corrected chi connectivity index (χ1v) is 7.81. The smallest absolute Gasteiger partial charge is 0.364 e. The number of halogens is 3. The molecule has 1 atom stereocenters. The zero-order chi connectivity index (χ0) is 16.0. The summed E-state index contributed by atoms with van der Waals surface area (Å²) < 4.78 is 65.0. The van der Waals surface area contributed by atoms with Gasteiger partial charge in [-0.15, -0.1) is 0 Å². The highest BCUT2D eigenvalue weighted by Crippen LogP contribution is 2.34. The lowest BCUT2D eigenvalue weighted by atomic mass is 10.1. The summed E-state index contributed by atoms with van der Waals surface area (Å²) in [5.41, 5.74) is -0.290. The maximum Gasteiger partial charge on any atom is 0.416 e. The van der Waals surface area contributed by atoms with E-state index in [2.05, 4.69) is 10.0 Å².